The second-order valence-electron chi connectivity index (χ2n) is 5.47. The lowest BCUT2D eigenvalue weighted by atomic mass is 10.1. The Kier molecular flexibility index (Phi) is 4.08. The number of aryl methyl sites for hydroxylation is 1. The topological polar surface area (TPSA) is 59.3 Å². The summed E-state index contributed by atoms with van der Waals surface area (Å²) in [6.45, 7) is 1.77. The number of fused-ring (bicyclic) bond motifs is 1. The largest absolute Gasteiger partial charge is 0.422 e. The normalized spacial score (nSPS) is 11.5. The molecule has 1 N–H and O–H groups in total. The Labute approximate surface area is 139 Å². The van der Waals surface area contributed by atoms with Crippen molar-refractivity contribution in [2.75, 3.05) is 5.32 Å². The van der Waals surface area contributed by atoms with Gasteiger partial charge in [0.05, 0.1) is 5.56 Å². The van der Waals surface area contributed by atoms with Crippen molar-refractivity contribution in [3.63, 3.8) is 0 Å². The van der Waals surface area contributed by atoms with Gasteiger partial charge in [-0.25, -0.2) is 4.79 Å². The number of rotatable bonds is 2. The second kappa shape index (κ2) is 6.08. The Hall–Kier alpha value is -3.09. The molecule has 4 nitrogen and oxygen atoms in total. The number of para-hydroxylation sites is 1. The summed E-state index contributed by atoms with van der Waals surface area (Å²) in [5.41, 5.74) is -0.583. The summed E-state index contributed by atoms with van der Waals surface area (Å²) in [4.78, 5) is 24.3. The first-order valence-electron chi connectivity index (χ1n) is 7.28. The molecular formula is C18H12F3NO3. The molecule has 0 spiro atoms. The zero-order valence-corrected chi connectivity index (χ0v) is 13.0. The van der Waals surface area contributed by atoms with E-state index in [-0.39, 0.29) is 11.3 Å². The number of hydrogen-bond donors (Lipinski definition) is 1. The minimum atomic E-state index is -4.46. The van der Waals surface area contributed by atoms with E-state index in [9.17, 15) is 22.8 Å². The van der Waals surface area contributed by atoms with Gasteiger partial charge in [-0.3, -0.25) is 4.79 Å². The van der Waals surface area contributed by atoms with E-state index in [1.807, 2.05) is 0 Å². The average Bonchev–Trinajstić information content (AvgIpc) is 2.55. The van der Waals surface area contributed by atoms with E-state index in [4.69, 9.17) is 4.42 Å². The van der Waals surface area contributed by atoms with Gasteiger partial charge in [0.1, 0.15) is 11.1 Å². The Morgan fingerprint density at radius 3 is 2.40 bits per heavy atom. The first kappa shape index (κ1) is 16.8. The molecule has 0 unspecified atom stereocenters. The van der Waals surface area contributed by atoms with Crippen molar-refractivity contribution in [1.82, 2.24) is 0 Å². The molecule has 1 aromatic heterocycles. The van der Waals surface area contributed by atoms with Gasteiger partial charge in [-0.15, -0.1) is 0 Å². The maximum absolute atomic E-state index is 12.5. The summed E-state index contributed by atoms with van der Waals surface area (Å²) in [5, 5.41) is 2.97. The molecule has 1 heterocycles. The van der Waals surface area contributed by atoms with Gasteiger partial charge >= 0.3 is 11.8 Å². The van der Waals surface area contributed by atoms with Gasteiger partial charge in [0.25, 0.3) is 5.91 Å². The Bertz CT molecular complexity index is 1000. The fourth-order valence-corrected chi connectivity index (χ4v) is 2.39. The number of alkyl halides is 3. The van der Waals surface area contributed by atoms with E-state index in [2.05, 4.69) is 5.32 Å². The molecule has 25 heavy (non-hydrogen) atoms. The van der Waals surface area contributed by atoms with Crippen LogP contribution in [0.2, 0.25) is 0 Å². The molecule has 0 atom stereocenters. The van der Waals surface area contributed by atoms with Crippen molar-refractivity contribution in [2.24, 2.45) is 0 Å². The molecule has 128 valence electrons. The second-order valence-corrected chi connectivity index (χ2v) is 5.47. The van der Waals surface area contributed by atoms with Crippen LogP contribution in [0.3, 0.4) is 0 Å². The van der Waals surface area contributed by atoms with Crippen LogP contribution in [0.5, 0.6) is 0 Å². The summed E-state index contributed by atoms with van der Waals surface area (Å²) in [6.07, 6.45) is -4.46. The van der Waals surface area contributed by atoms with Crippen LogP contribution >= 0.6 is 0 Å². The van der Waals surface area contributed by atoms with Crippen molar-refractivity contribution in [1.29, 1.82) is 0 Å². The van der Waals surface area contributed by atoms with Crippen LogP contribution in [-0.4, -0.2) is 5.91 Å². The van der Waals surface area contributed by atoms with Crippen LogP contribution in [0.1, 0.15) is 21.5 Å². The average molecular weight is 347 g/mol. The van der Waals surface area contributed by atoms with Crippen LogP contribution in [0, 0.1) is 6.92 Å². The van der Waals surface area contributed by atoms with Crippen LogP contribution in [0.15, 0.2) is 57.7 Å². The molecule has 0 aliphatic carbocycles. The zero-order valence-electron chi connectivity index (χ0n) is 13.0. The highest BCUT2D eigenvalue weighted by atomic mass is 19.4. The van der Waals surface area contributed by atoms with Gasteiger partial charge in [0.2, 0.25) is 0 Å². The highest BCUT2D eigenvalue weighted by molar-refractivity contribution is 6.05. The van der Waals surface area contributed by atoms with Gasteiger partial charge in [-0.2, -0.15) is 13.2 Å². The van der Waals surface area contributed by atoms with Crippen LogP contribution in [0.4, 0.5) is 18.9 Å². The molecule has 0 aliphatic heterocycles. The Balaban J connectivity index is 1.90. The number of hydrogen-bond acceptors (Lipinski definition) is 3. The molecule has 2 aromatic carbocycles. The first-order valence-corrected chi connectivity index (χ1v) is 7.28. The van der Waals surface area contributed by atoms with Crippen molar-refractivity contribution in [2.45, 2.75) is 13.1 Å². The van der Waals surface area contributed by atoms with Crippen LogP contribution in [-0.2, 0) is 6.18 Å². The third kappa shape index (κ3) is 3.40. The fraction of sp³-hybridized carbons (Fsp3) is 0.111. The summed E-state index contributed by atoms with van der Waals surface area (Å²) < 4.78 is 42.8. The maximum Gasteiger partial charge on any atom is 0.416 e. The van der Waals surface area contributed by atoms with Crippen LogP contribution < -0.4 is 10.9 Å². The van der Waals surface area contributed by atoms with Gasteiger partial charge in [0, 0.05) is 11.1 Å². The summed E-state index contributed by atoms with van der Waals surface area (Å²) >= 11 is 0. The lowest BCUT2D eigenvalue weighted by Gasteiger charge is -2.09. The molecule has 0 saturated heterocycles. The highest BCUT2D eigenvalue weighted by Gasteiger charge is 2.30. The lowest BCUT2D eigenvalue weighted by molar-refractivity contribution is -0.137. The molecule has 0 bridgehead atoms. The van der Waals surface area contributed by atoms with Crippen molar-refractivity contribution in [3.8, 4) is 0 Å². The first-order chi connectivity index (χ1) is 11.8. The lowest BCUT2D eigenvalue weighted by Crippen LogP contribution is -2.20. The third-order valence-electron chi connectivity index (χ3n) is 3.67. The quantitative estimate of drug-likeness (QED) is 0.700. The van der Waals surface area contributed by atoms with Gasteiger partial charge < -0.3 is 9.73 Å². The SMILES string of the molecule is Cc1cccc2cc(C(=O)Nc3ccc(C(F)(F)F)cc3)c(=O)oc12. The molecular weight excluding hydrogens is 335 g/mol. The van der Waals surface area contributed by atoms with E-state index in [0.717, 1.165) is 29.8 Å². The van der Waals surface area contributed by atoms with E-state index < -0.39 is 23.3 Å². The maximum atomic E-state index is 12.5. The Morgan fingerprint density at radius 1 is 1.08 bits per heavy atom. The molecule has 0 aliphatic rings. The summed E-state index contributed by atoms with van der Waals surface area (Å²) in [7, 11) is 0. The zero-order chi connectivity index (χ0) is 18.2. The smallest absolute Gasteiger partial charge is 0.416 e. The minimum absolute atomic E-state index is 0.140. The number of carbonyl (C=O) groups excluding carboxylic acids is 1. The predicted octanol–water partition coefficient (Wildman–Crippen LogP) is 4.37. The molecule has 1 amide bonds. The fourth-order valence-electron chi connectivity index (χ4n) is 2.39. The number of carbonyl (C=O) groups is 1. The number of nitrogens with one attached hydrogen (secondary N) is 1. The number of amides is 1. The van der Waals surface area contributed by atoms with E-state index in [0.29, 0.717) is 11.0 Å². The standard InChI is InChI=1S/C18H12F3NO3/c1-10-3-2-4-11-9-14(17(24)25-15(10)11)16(23)22-13-7-5-12(6-8-13)18(19,20)21/h2-9H,1H3,(H,22,23). The van der Waals surface area contributed by atoms with E-state index in [1.54, 1.807) is 25.1 Å². The van der Waals surface area contributed by atoms with Crippen molar-refractivity contribution >= 4 is 22.6 Å². The molecule has 0 radical (unpaired) electrons. The monoisotopic (exact) mass is 347 g/mol. The molecule has 0 fully saturated rings. The molecule has 3 aromatic rings. The summed E-state index contributed by atoms with van der Waals surface area (Å²) in [5.74, 6) is -0.753. The van der Waals surface area contributed by atoms with Crippen molar-refractivity contribution < 1.29 is 22.4 Å². The summed E-state index contributed by atoms with van der Waals surface area (Å²) in [6, 6.07) is 10.6. The molecule has 3 rings (SSSR count). The highest BCUT2D eigenvalue weighted by Crippen LogP contribution is 2.29. The Morgan fingerprint density at radius 2 is 1.76 bits per heavy atom. The van der Waals surface area contributed by atoms with Crippen LogP contribution in [0.25, 0.3) is 11.0 Å². The van der Waals surface area contributed by atoms with E-state index >= 15 is 0 Å². The number of benzene rings is 2. The minimum Gasteiger partial charge on any atom is -0.422 e. The molecule has 0 saturated carbocycles. The number of anilines is 1. The van der Waals surface area contributed by atoms with E-state index in [1.165, 1.54) is 6.07 Å². The molecule has 7 heteroatoms. The predicted molar refractivity (Wildman–Crippen MR) is 86.6 cm³/mol. The van der Waals surface area contributed by atoms with Gasteiger partial charge in [-0.05, 0) is 42.8 Å². The third-order valence-corrected chi connectivity index (χ3v) is 3.67. The number of halogens is 3. The van der Waals surface area contributed by atoms with Gasteiger partial charge in [0.15, 0.2) is 0 Å². The van der Waals surface area contributed by atoms with Gasteiger partial charge in [-0.1, -0.05) is 18.2 Å². The van der Waals surface area contributed by atoms with Crippen molar-refractivity contribution in [3.05, 3.63) is 75.6 Å².